The lowest BCUT2D eigenvalue weighted by Crippen LogP contribution is -2.19. The Kier molecular flexibility index (Phi) is 3.73. The molecule has 2 heterocycles. The van der Waals surface area contributed by atoms with Crippen LogP contribution in [-0.2, 0) is 11.3 Å². The van der Waals surface area contributed by atoms with Crippen LogP contribution < -0.4 is 5.32 Å². The van der Waals surface area contributed by atoms with E-state index >= 15 is 0 Å². The monoisotopic (exact) mass is 279 g/mol. The van der Waals surface area contributed by atoms with Crippen molar-refractivity contribution in [2.24, 2.45) is 0 Å². The second-order valence-corrected chi connectivity index (χ2v) is 4.41. The molecular weight excluding hydrogens is 266 g/mol. The molecule has 0 unspecified atom stereocenters. The van der Waals surface area contributed by atoms with E-state index in [4.69, 9.17) is 4.42 Å². The molecule has 5 nitrogen and oxygen atoms in total. The van der Waals surface area contributed by atoms with Gasteiger partial charge in [-0.2, -0.15) is 0 Å². The van der Waals surface area contributed by atoms with Crippen molar-refractivity contribution in [3.05, 3.63) is 66.4 Å². The van der Waals surface area contributed by atoms with Crippen LogP contribution in [-0.4, -0.2) is 15.9 Å². The lowest BCUT2D eigenvalue weighted by Gasteiger charge is -1.99. The Morgan fingerprint density at radius 3 is 2.86 bits per heavy atom. The van der Waals surface area contributed by atoms with Crippen LogP contribution >= 0.6 is 0 Å². The minimum absolute atomic E-state index is 0.207. The fraction of sp³-hybridized carbons (Fsp3) is 0.0625. The van der Waals surface area contributed by atoms with Gasteiger partial charge in [0.05, 0.1) is 35.7 Å². The number of nitrogens with one attached hydrogen (secondary N) is 1. The number of hydrogen-bond donors (Lipinski definition) is 1. The molecule has 0 atom stereocenters. The molecule has 0 saturated heterocycles. The molecule has 1 amide bonds. The molecule has 3 aromatic rings. The molecule has 0 aliphatic carbocycles. The number of furan rings is 1. The summed E-state index contributed by atoms with van der Waals surface area (Å²) in [4.78, 5) is 20.4. The SMILES string of the molecule is O=C(C=Cc1cnc2ccccc2n1)NCc1ccco1. The highest BCUT2D eigenvalue weighted by Crippen LogP contribution is 2.09. The molecule has 5 heteroatoms. The van der Waals surface area contributed by atoms with Gasteiger partial charge < -0.3 is 9.73 Å². The number of nitrogens with zero attached hydrogens (tertiary/aromatic N) is 2. The van der Waals surface area contributed by atoms with Gasteiger partial charge in [-0.3, -0.25) is 9.78 Å². The van der Waals surface area contributed by atoms with Crippen molar-refractivity contribution in [1.29, 1.82) is 0 Å². The van der Waals surface area contributed by atoms with Gasteiger partial charge in [-0.15, -0.1) is 0 Å². The third-order valence-corrected chi connectivity index (χ3v) is 2.89. The molecule has 0 bridgehead atoms. The van der Waals surface area contributed by atoms with Gasteiger partial charge in [0.15, 0.2) is 0 Å². The first-order valence-corrected chi connectivity index (χ1v) is 6.51. The van der Waals surface area contributed by atoms with E-state index in [0.717, 1.165) is 11.0 Å². The van der Waals surface area contributed by atoms with Crippen molar-refractivity contribution < 1.29 is 9.21 Å². The Morgan fingerprint density at radius 1 is 1.19 bits per heavy atom. The first-order chi connectivity index (χ1) is 10.3. The van der Waals surface area contributed by atoms with Crippen molar-refractivity contribution in [3.8, 4) is 0 Å². The van der Waals surface area contributed by atoms with Crippen molar-refractivity contribution in [1.82, 2.24) is 15.3 Å². The minimum Gasteiger partial charge on any atom is -0.467 e. The molecule has 21 heavy (non-hydrogen) atoms. The van der Waals surface area contributed by atoms with Crippen LogP contribution in [0.2, 0.25) is 0 Å². The number of carbonyl (C=O) groups is 1. The van der Waals surface area contributed by atoms with Crippen LogP contribution in [0.3, 0.4) is 0 Å². The molecule has 1 aromatic carbocycles. The van der Waals surface area contributed by atoms with Crippen molar-refractivity contribution in [3.63, 3.8) is 0 Å². The third-order valence-electron chi connectivity index (χ3n) is 2.89. The zero-order valence-corrected chi connectivity index (χ0v) is 11.2. The highest BCUT2D eigenvalue weighted by Gasteiger charge is 2.00. The standard InChI is InChI=1S/C16H13N3O2/c20-16(18-11-13-4-3-9-21-13)8-7-12-10-17-14-5-1-2-6-15(14)19-12/h1-10H,11H2,(H,18,20). The number of benzene rings is 1. The summed E-state index contributed by atoms with van der Waals surface area (Å²) in [5, 5.41) is 2.72. The predicted molar refractivity (Wildman–Crippen MR) is 79.1 cm³/mol. The molecule has 2 aromatic heterocycles. The molecule has 3 rings (SSSR count). The van der Waals surface area contributed by atoms with Gasteiger partial charge in [0.2, 0.25) is 5.91 Å². The highest BCUT2D eigenvalue weighted by atomic mass is 16.3. The molecule has 0 aliphatic heterocycles. The fourth-order valence-electron chi connectivity index (χ4n) is 1.86. The van der Waals surface area contributed by atoms with Gasteiger partial charge in [0, 0.05) is 6.08 Å². The van der Waals surface area contributed by atoms with E-state index < -0.39 is 0 Å². The Morgan fingerprint density at radius 2 is 2.05 bits per heavy atom. The Bertz CT molecular complexity index is 779. The molecule has 104 valence electrons. The zero-order chi connectivity index (χ0) is 14.5. The summed E-state index contributed by atoms with van der Waals surface area (Å²) in [5.74, 6) is 0.503. The highest BCUT2D eigenvalue weighted by molar-refractivity contribution is 5.91. The summed E-state index contributed by atoms with van der Waals surface area (Å²) in [7, 11) is 0. The van der Waals surface area contributed by atoms with E-state index in [-0.39, 0.29) is 5.91 Å². The number of hydrogen-bond acceptors (Lipinski definition) is 4. The van der Waals surface area contributed by atoms with Crippen LogP contribution in [0.4, 0.5) is 0 Å². The summed E-state index contributed by atoms with van der Waals surface area (Å²) in [6, 6.07) is 11.2. The summed E-state index contributed by atoms with van der Waals surface area (Å²) >= 11 is 0. The van der Waals surface area contributed by atoms with Gasteiger partial charge in [-0.05, 0) is 30.3 Å². The molecule has 0 saturated carbocycles. The Balaban J connectivity index is 1.65. The molecule has 0 fully saturated rings. The van der Waals surface area contributed by atoms with Gasteiger partial charge in [-0.25, -0.2) is 4.98 Å². The maximum absolute atomic E-state index is 11.7. The summed E-state index contributed by atoms with van der Waals surface area (Å²) in [6.07, 6.45) is 6.28. The van der Waals surface area contributed by atoms with Crippen LogP contribution in [0.5, 0.6) is 0 Å². The predicted octanol–water partition coefficient (Wildman–Crippen LogP) is 2.55. The zero-order valence-electron chi connectivity index (χ0n) is 11.2. The summed E-state index contributed by atoms with van der Waals surface area (Å²) < 4.78 is 5.13. The lowest BCUT2D eigenvalue weighted by atomic mass is 10.3. The average Bonchev–Trinajstić information content (AvgIpc) is 3.04. The van der Waals surface area contributed by atoms with E-state index in [0.29, 0.717) is 18.0 Å². The van der Waals surface area contributed by atoms with Crippen molar-refractivity contribution in [2.75, 3.05) is 0 Å². The van der Waals surface area contributed by atoms with Crippen molar-refractivity contribution in [2.45, 2.75) is 6.54 Å². The van der Waals surface area contributed by atoms with Crippen LogP contribution in [0.1, 0.15) is 11.5 Å². The maximum Gasteiger partial charge on any atom is 0.244 e. The number of rotatable bonds is 4. The Hall–Kier alpha value is -2.95. The lowest BCUT2D eigenvalue weighted by molar-refractivity contribution is -0.116. The number of fused-ring (bicyclic) bond motifs is 1. The molecule has 0 spiro atoms. The van der Waals surface area contributed by atoms with Crippen LogP contribution in [0.25, 0.3) is 17.1 Å². The van der Waals surface area contributed by atoms with Gasteiger partial charge in [-0.1, -0.05) is 12.1 Å². The fourth-order valence-corrected chi connectivity index (χ4v) is 1.86. The molecule has 1 N–H and O–H groups in total. The van der Waals surface area contributed by atoms with Crippen LogP contribution in [0.15, 0.2) is 59.4 Å². The summed E-state index contributed by atoms with van der Waals surface area (Å²) in [5.41, 5.74) is 2.27. The second kappa shape index (κ2) is 6.00. The largest absolute Gasteiger partial charge is 0.467 e. The molecule has 0 radical (unpaired) electrons. The second-order valence-electron chi connectivity index (χ2n) is 4.41. The normalized spacial score (nSPS) is 11.0. The molecular formula is C16H13N3O2. The maximum atomic E-state index is 11.7. The van der Waals surface area contributed by atoms with Gasteiger partial charge in [0.1, 0.15) is 5.76 Å². The first-order valence-electron chi connectivity index (χ1n) is 6.51. The first kappa shape index (κ1) is 13.1. The Labute approximate surface area is 121 Å². The number of amides is 1. The minimum atomic E-state index is -0.207. The number of para-hydroxylation sites is 2. The van der Waals surface area contributed by atoms with Gasteiger partial charge in [0.25, 0.3) is 0 Å². The van der Waals surface area contributed by atoms with E-state index in [9.17, 15) is 4.79 Å². The third kappa shape index (κ3) is 3.33. The van der Waals surface area contributed by atoms with E-state index in [1.54, 1.807) is 30.7 Å². The number of aromatic nitrogens is 2. The van der Waals surface area contributed by atoms with E-state index in [1.165, 1.54) is 6.08 Å². The topological polar surface area (TPSA) is 68.0 Å². The average molecular weight is 279 g/mol. The quantitative estimate of drug-likeness (QED) is 0.745. The van der Waals surface area contributed by atoms with E-state index in [1.807, 2.05) is 24.3 Å². The van der Waals surface area contributed by atoms with Crippen molar-refractivity contribution >= 4 is 23.0 Å². The molecule has 0 aliphatic rings. The van der Waals surface area contributed by atoms with E-state index in [2.05, 4.69) is 15.3 Å². The number of carbonyl (C=O) groups excluding carboxylic acids is 1. The van der Waals surface area contributed by atoms with Gasteiger partial charge >= 0.3 is 0 Å². The van der Waals surface area contributed by atoms with Crippen LogP contribution in [0, 0.1) is 0 Å². The smallest absolute Gasteiger partial charge is 0.244 e. The summed E-state index contributed by atoms with van der Waals surface area (Å²) in [6.45, 7) is 0.361.